The Morgan fingerprint density at radius 2 is 1.95 bits per heavy atom. The van der Waals surface area contributed by atoms with Gasteiger partial charge in [-0.05, 0) is 6.07 Å². The van der Waals surface area contributed by atoms with Gasteiger partial charge in [0.25, 0.3) is 0 Å². The molecule has 0 aliphatic heterocycles. The fraction of sp³-hybridized carbons (Fsp3) is 0.455. The second-order valence-electron chi connectivity index (χ2n) is 3.74. The van der Waals surface area contributed by atoms with Gasteiger partial charge >= 0.3 is 11.9 Å². The molecule has 1 heterocycles. The topological polar surface area (TPSA) is 90.0 Å². The summed E-state index contributed by atoms with van der Waals surface area (Å²) in [5, 5.41) is 0. The van der Waals surface area contributed by atoms with E-state index in [1.54, 1.807) is 6.92 Å². The number of ether oxygens (including phenoxy) is 2. The lowest BCUT2D eigenvalue weighted by Gasteiger charge is -2.18. The number of esters is 2. The summed E-state index contributed by atoms with van der Waals surface area (Å²) in [4.78, 5) is 22.5. The van der Waals surface area contributed by atoms with Crippen LogP contribution in [0.2, 0.25) is 4.34 Å². The number of nitrogens with zero attached hydrogens (tertiary/aromatic N) is 1. The van der Waals surface area contributed by atoms with Crippen LogP contribution in [0.5, 0.6) is 0 Å². The van der Waals surface area contributed by atoms with Crippen molar-refractivity contribution in [2.24, 2.45) is 0 Å². The third-order valence-electron chi connectivity index (χ3n) is 2.54. The van der Waals surface area contributed by atoms with Gasteiger partial charge in [0.1, 0.15) is 16.3 Å². The molecule has 0 aromatic carbocycles. The zero-order valence-corrected chi connectivity index (χ0v) is 14.0. The lowest BCUT2D eigenvalue weighted by molar-refractivity contribution is -0.140. The first kappa shape index (κ1) is 17.9. The molecule has 0 fully saturated rings. The minimum absolute atomic E-state index is 0.0332. The van der Waals surface area contributed by atoms with Crippen molar-refractivity contribution in [3.8, 4) is 0 Å². The lowest BCUT2D eigenvalue weighted by atomic mass is 10.5. The van der Waals surface area contributed by atoms with E-state index in [2.05, 4.69) is 9.47 Å². The average Bonchev–Trinajstić information content (AvgIpc) is 2.86. The molecule has 0 spiro atoms. The zero-order chi connectivity index (χ0) is 16.2. The first-order chi connectivity index (χ1) is 9.77. The highest BCUT2D eigenvalue weighted by Crippen LogP contribution is 2.32. The molecule has 1 aromatic heterocycles. The molecule has 0 atom stereocenters. The number of carbonyl (C=O) groups excluding carboxylic acids is 2. The maximum atomic E-state index is 12.5. The highest BCUT2D eigenvalue weighted by atomic mass is 35.5. The normalized spacial score (nSPS) is 11.5. The summed E-state index contributed by atoms with van der Waals surface area (Å²) >= 11 is 6.59. The van der Waals surface area contributed by atoms with Gasteiger partial charge in [0.05, 0.1) is 18.6 Å². The predicted molar refractivity (Wildman–Crippen MR) is 77.1 cm³/mol. The monoisotopic (exact) mass is 355 g/mol. The number of likely N-dealkylation sites (N-methyl/N-ethyl adjacent to an activating group) is 1. The van der Waals surface area contributed by atoms with Gasteiger partial charge < -0.3 is 9.47 Å². The molecule has 0 bridgehead atoms. The Balaban J connectivity index is 3.29. The number of sulfonamides is 1. The van der Waals surface area contributed by atoms with Crippen molar-refractivity contribution in [1.82, 2.24) is 4.31 Å². The minimum Gasteiger partial charge on any atom is -0.468 e. The zero-order valence-electron chi connectivity index (χ0n) is 11.6. The van der Waals surface area contributed by atoms with E-state index in [0.717, 1.165) is 35.9 Å². The molecule has 0 radical (unpaired) electrons. The van der Waals surface area contributed by atoms with Gasteiger partial charge in [-0.2, -0.15) is 4.31 Å². The SMILES string of the molecule is CCN(CC(=O)OC)S(=O)(=O)c1cc(Cl)sc1C(=O)OC. The summed E-state index contributed by atoms with van der Waals surface area (Å²) in [6.07, 6.45) is 0. The van der Waals surface area contributed by atoms with Crippen molar-refractivity contribution in [2.45, 2.75) is 11.8 Å². The van der Waals surface area contributed by atoms with Crippen LogP contribution in [0.15, 0.2) is 11.0 Å². The number of rotatable bonds is 6. The fourth-order valence-corrected chi connectivity index (χ4v) is 4.58. The molecule has 21 heavy (non-hydrogen) atoms. The molecule has 0 amide bonds. The van der Waals surface area contributed by atoms with Crippen LogP contribution in [0.25, 0.3) is 0 Å². The number of hydrogen-bond donors (Lipinski definition) is 0. The summed E-state index contributed by atoms with van der Waals surface area (Å²) in [7, 11) is -1.77. The standard InChI is InChI=1S/C11H14ClNO6S2/c1-4-13(6-9(14)18-2)21(16,17)7-5-8(12)20-10(7)11(15)19-3/h5H,4,6H2,1-3H3. The van der Waals surface area contributed by atoms with Gasteiger partial charge in [0.15, 0.2) is 0 Å². The highest BCUT2D eigenvalue weighted by molar-refractivity contribution is 7.89. The first-order valence-corrected chi connectivity index (χ1v) is 8.36. The summed E-state index contributed by atoms with van der Waals surface area (Å²) in [6, 6.07) is 1.16. The second-order valence-corrected chi connectivity index (χ2v) is 7.33. The Bertz CT molecular complexity index is 639. The summed E-state index contributed by atoms with van der Waals surface area (Å²) in [5.41, 5.74) is 0. The Kier molecular flexibility index (Phi) is 6.14. The quantitative estimate of drug-likeness (QED) is 0.716. The van der Waals surface area contributed by atoms with E-state index in [-0.39, 0.29) is 20.7 Å². The van der Waals surface area contributed by atoms with Gasteiger partial charge in [-0.15, -0.1) is 11.3 Å². The molecule has 1 aromatic rings. The van der Waals surface area contributed by atoms with Gasteiger partial charge in [0, 0.05) is 6.54 Å². The second kappa shape index (κ2) is 7.21. The molecule has 0 unspecified atom stereocenters. The first-order valence-electron chi connectivity index (χ1n) is 5.72. The number of thiophene rings is 1. The van der Waals surface area contributed by atoms with Crippen LogP contribution in [0, 0.1) is 0 Å². The highest BCUT2D eigenvalue weighted by Gasteiger charge is 2.32. The number of hydrogen-bond acceptors (Lipinski definition) is 7. The summed E-state index contributed by atoms with van der Waals surface area (Å²) in [5.74, 6) is -1.51. The van der Waals surface area contributed by atoms with Crippen molar-refractivity contribution in [3.63, 3.8) is 0 Å². The average molecular weight is 356 g/mol. The van der Waals surface area contributed by atoms with E-state index in [1.165, 1.54) is 0 Å². The maximum Gasteiger partial charge on any atom is 0.349 e. The predicted octanol–water partition coefficient (Wildman–Crippen LogP) is 1.37. The molecule has 0 saturated carbocycles. The summed E-state index contributed by atoms with van der Waals surface area (Å²) in [6.45, 7) is 1.14. The van der Waals surface area contributed by atoms with Crippen LogP contribution in [0.1, 0.15) is 16.6 Å². The van der Waals surface area contributed by atoms with Gasteiger partial charge in [-0.1, -0.05) is 18.5 Å². The van der Waals surface area contributed by atoms with Crippen LogP contribution in [-0.2, 0) is 24.3 Å². The molecule has 0 N–H and O–H groups in total. The van der Waals surface area contributed by atoms with E-state index < -0.39 is 28.5 Å². The molecule has 0 aliphatic carbocycles. The molecular formula is C11H14ClNO6S2. The van der Waals surface area contributed by atoms with E-state index in [4.69, 9.17) is 11.6 Å². The lowest BCUT2D eigenvalue weighted by Crippen LogP contribution is -2.36. The van der Waals surface area contributed by atoms with Crippen LogP contribution >= 0.6 is 22.9 Å². The maximum absolute atomic E-state index is 12.5. The van der Waals surface area contributed by atoms with Crippen LogP contribution in [0.4, 0.5) is 0 Å². The molecule has 10 heteroatoms. The van der Waals surface area contributed by atoms with Gasteiger partial charge in [-0.3, -0.25) is 4.79 Å². The molecular weight excluding hydrogens is 342 g/mol. The van der Waals surface area contributed by atoms with Crippen molar-refractivity contribution < 1.29 is 27.5 Å². The third-order valence-corrected chi connectivity index (χ3v) is 5.86. The third kappa shape index (κ3) is 3.94. The van der Waals surface area contributed by atoms with Gasteiger partial charge in [-0.25, -0.2) is 13.2 Å². The van der Waals surface area contributed by atoms with Crippen LogP contribution < -0.4 is 0 Å². The number of methoxy groups -OCH3 is 2. The van der Waals surface area contributed by atoms with Crippen LogP contribution in [-0.4, -0.2) is 52.0 Å². The Morgan fingerprint density at radius 1 is 1.33 bits per heavy atom. The largest absolute Gasteiger partial charge is 0.468 e. The fourth-order valence-electron chi connectivity index (χ4n) is 1.49. The molecule has 0 aliphatic rings. The van der Waals surface area contributed by atoms with E-state index in [1.807, 2.05) is 0 Å². The van der Waals surface area contributed by atoms with Crippen LogP contribution in [0.3, 0.4) is 0 Å². The summed E-state index contributed by atoms with van der Waals surface area (Å²) < 4.78 is 35.1. The van der Waals surface area contributed by atoms with Crippen molar-refractivity contribution in [1.29, 1.82) is 0 Å². The Morgan fingerprint density at radius 3 is 2.43 bits per heavy atom. The van der Waals surface area contributed by atoms with Crippen molar-refractivity contribution in [3.05, 3.63) is 15.3 Å². The molecule has 7 nitrogen and oxygen atoms in total. The van der Waals surface area contributed by atoms with E-state index in [9.17, 15) is 18.0 Å². The Labute approximate surface area is 131 Å². The molecule has 0 saturated heterocycles. The van der Waals surface area contributed by atoms with E-state index >= 15 is 0 Å². The number of halogens is 1. The minimum atomic E-state index is -4.06. The van der Waals surface area contributed by atoms with E-state index in [0.29, 0.717) is 0 Å². The Hall–Kier alpha value is -1.16. The molecule has 1 rings (SSSR count). The smallest absolute Gasteiger partial charge is 0.349 e. The van der Waals surface area contributed by atoms with Crippen molar-refractivity contribution >= 4 is 44.9 Å². The number of carbonyl (C=O) groups is 2. The molecule has 118 valence electrons. The van der Waals surface area contributed by atoms with Crippen molar-refractivity contribution in [2.75, 3.05) is 27.3 Å². The van der Waals surface area contributed by atoms with Gasteiger partial charge in [0.2, 0.25) is 10.0 Å².